The Morgan fingerprint density at radius 3 is 2.40 bits per heavy atom. The third kappa shape index (κ3) is 3.78. The molecule has 0 bridgehead atoms. The number of pyridine rings is 1. The van der Waals surface area contributed by atoms with Crippen molar-refractivity contribution in [2.75, 3.05) is 17.1 Å². The predicted molar refractivity (Wildman–Crippen MR) is 94.7 cm³/mol. The van der Waals surface area contributed by atoms with Crippen LogP contribution in [0.2, 0.25) is 0 Å². The second kappa shape index (κ2) is 6.54. The zero-order valence-electron chi connectivity index (χ0n) is 13.2. The number of hydrogen-bond acceptors (Lipinski definition) is 5. The number of rotatable bonds is 5. The van der Waals surface area contributed by atoms with E-state index < -0.39 is 16.0 Å². The summed E-state index contributed by atoms with van der Waals surface area (Å²) >= 11 is 0. The van der Waals surface area contributed by atoms with Crippen LogP contribution in [-0.4, -0.2) is 20.5 Å². The average molecular weight is 362 g/mol. The van der Waals surface area contributed by atoms with E-state index in [1.54, 1.807) is 36.4 Å². The minimum absolute atomic E-state index is 0.121. The molecule has 2 aromatic carbocycles. The molecule has 1 aromatic heterocycles. The number of fused-ring (bicyclic) bond motifs is 1. The molecule has 9 heteroatoms. The summed E-state index contributed by atoms with van der Waals surface area (Å²) in [7, 11) is -2.43. The van der Waals surface area contributed by atoms with Gasteiger partial charge in [-0.05, 0) is 42.5 Å². The molecular formula is C16H15FN4O3S. The van der Waals surface area contributed by atoms with Crippen LogP contribution >= 0.6 is 0 Å². The van der Waals surface area contributed by atoms with Crippen LogP contribution in [0.4, 0.5) is 21.5 Å². The number of nitrogens with two attached hydrogens (primary N) is 1. The van der Waals surface area contributed by atoms with Crippen molar-refractivity contribution in [1.29, 1.82) is 0 Å². The van der Waals surface area contributed by atoms with Crippen LogP contribution in [0.3, 0.4) is 0 Å². The third-order valence-corrected chi connectivity index (χ3v) is 3.98. The lowest BCUT2D eigenvalue weighted by Gasteiger charge is -2.12. The Labute approximate surface area is 143 Å². The van der Waals surface area contributed by atoms with Gasteiger partial charge in [-0.1, -0.05) is 0 Å². The molecule has 0 aliphatic rings. The highest BCUT2D eigenvalue weighted by Gasteiger charge is 2.12. The van der Waals surface area contributed by atoms with Crippen molar-refractivity contribution in [3.63, 3.8) is 0 Å². The smallest absolute Gasteiger partial charge is 0.296 e. The molecule has 0 spiro atoms. The minimum Gasteiger partial charge on any atom is -0.494 e. The molecular weight excluding hydrogens is 347 g/mol. The van der Waals surface area contributed by atoms with Crippen LogP contribution < -0.4 is 19.9 Å². The van der Waals surface area contributed by atoms with Crippen molar-refractivity contribution in [2.24, 2.45) is 5.14 Å². The lowest BCUT2D eigenvalue weighted by Crippen LogP contribution is -2.21. The lowest BCUT2D eigenvalue weighted by molar-refractivity contribution is 0.388. The highest BCUT2D eigenvalue weighted by molar-refractivity contribution is 7.90. The SMILES string of the molecule is COc1ccc2c(Nc3ccc(NS(N)(=O)=O)cc3)ccnc2c1F. The Balaban J connectivity index is 1.92. The number of benzene rings is 2. The van der Waals surface area contributed by atoms with Gasteiger partial charge in [0.1, 0.15) is 5.52 Å². The number of anilines is 3. The Morgan fingerprint density at radius 1 is 1.08 bits per heavy atom. The number of halogens is 1. The second-order valence-electron chi connectivity index (χ2n) is 5.19. The van der Waals surface area contributed by atoms with Crippen molar-refractivity contribution in [3.8, 4) is 5.75 Å². The Bertz CT molecular complexity index is 1020. The second-order valence-corrected chi connectivity index (χ2v) is 6.48. The van der Waals surface area contributed by atoms with Crippen LogP contribution in [0.1, 0.15) is 0 Å². The number of aromatic nitrogens is 1. The fourth-order valence-corrected chi connectivity index (χ4v) is 2.84. The molecule has 0 saturated heterocycles. The Kier molecular flexibility index (Phi) is 4.43. The van der Waals surface area contributed by atoms with Crippen LogP contribution in [0.25, 0.3) is 10.9 Å². The van der Waals surface area contributed by atoms with Crippen molar-refractivity contribution in [1.82, 2.24) is 4.98 Å². The van der Waals surface area contributed by atoms with Crippen LogP contribution in [0.15, 0.2) is 48.7 Å². The molecule has 3 rings (SSSR count). The van der Waals surface area contributed by atoms with E-state index >= 15 is 0 Å². The first-order chi connectivity index (χ1) is 11.9. The monoisotopic (exact) mass is 362 g/mol. The van der Waals surface area contributed by atoms with E-state index in [1.807, 2.05) is 0 Å². The first kappa shape index (κ1) is 16.9. The van der Waals surface area contributed by atoms with E-state index in [0.717, 1.165) is 0 Å². The fraction of sp³-hybridized carbons (Fsp3) is 0.0625. The normalized spacial score (nSPS) is 11.3. The molecule has 0 aliphatic carbocycles. The molecule has 130 valence electrons. The van der Waals surface area contributed by atoms with E-state index in [4.69, 9.17) is 9.88 Å². The molecule has 0 saturated carbocycles. The van der Waals surface area contributed by atoms with Gasteiger partial charge in [-0.25, -0.2) is 9.53 Å². The molecule has 3 aromatic rings. The summed E-state index contributed by atoms with van der Waals surface area (Å²) in [5.41, 5.74) is 1.86. The molecule has 0 amide bonds. The first-order valence-electron chi connectivity index (χ1n) is 7.16. The highest BCUT2D eigenvalue weighted by atomic mass is 32.2. The fourth-order valence-electron chi connectivity index (χ4n) is 2.37. The van der Waals surface area contributed by atoms with Gasteiger partial charge in [0, 0.05) is 28.6 Å². The minimum atomic E-state index is -3.82. The van der Waals surface area contributed by atoms with Crippen molar-refractivity contribution >= 4 is 38.2 Å². The summed E-state index contributed by atoms with van der Waals surface area (Å²) in [5.74, 6) is -0.410. The summed E-state index contributed by atoms with van der Waals surface area (Å²) in [6, 6.07) is 11.4. The maximum atomic E-state index is 14.3. The van der Waals surface area contributed by atoms with Crippen molar-refractivity contribution < 1.29 is 17.5 Å². The molecule has 0 fully saturated rings. The number of nitrogens with one attached hydrogen (secondary N) is 2. The number of methoxy groups -OCH3 is 1. The molecule has 0 radical (unpaired) electrons. The van der Waals surface area contributed by atoms with Crippen molar-refractivity contribution in [3.05, 3.63) is 54.5 Å². The molecule has 0 unspecified atom stereocenters. The zero-order chi connectivity index (χ0) is 18.0. The molecule has 4 N–H and O–H groups in total. The maximum Gasteiger partial charge on any atom is 0.296 e. The summed E-state index contributed by atoms with van der Waals surface area (Å²) in [5, 5.41) is 8.66. The predicted octanol–water partition coefficient (Wildman–Crippen LogP) is 2.74. The number of nitrogens with zero attached hydrogens (tertiary/aromatic N) is 1. The van der Waals surface area contributed by atoms with Crippen LogP contribution in [0.5, 0.6) is 5.75 Å². The first-order valence-corrected chi connectivity index (χ1v) is 8.71. The quantitative estimate of drug-likeness (QED) is 0.647. The molecule has 7 nitrogen and oxygen atoms in total. The van der Waals surface area contributed by atoms with Gasteiger partial charge < -0.3 is 10.1 Å². The van der Waals surface area contributed by atoms with Gasteiger partial charge in [0.25, 0.3) is 10.2 Å². The highest BCUT2D eigenvalue weighted by Crippen LogP contribution is 2.31. The average Bonchev–Trinajstić information content (AvgIpc) is 2.56. The van der Waals surface area contributed by atoms with Gasteiger partial charge in [0.15, 0.2) is 11.6 Å². The largest absolute Gasteiger partial charge is 0.494 e. The van der Waals surface area contributed by atoms with Gasteiger partial charge in [0.2, 0.25) is 0 Å². The van der Waals surface area contributed by atoms with E-state index in [0.29, 0.717) is 22.4 Å². The van der Waals surface area contributed by atoms with Gasteiger partial charge in [-0.3, -0.25) is 9.71 Å². The summed E-state index contributed by atoms with van der Waals surface area (Å²) in [6.45, 7) is 0. The summed E-state index contributed by atoms with van der Waals surface area (Å²) in [4.78, 5) is 4.06. The van der Waals surface area contributed by atoms with Gasteiger partial charge in [-0.15, -0.1) is 0 Å². The van der Waals surface area contributed by atoms with Gasteiger partial charge >= 0.3 is 0 Å². The topological polar surface area (TPSA) is 106 Å². The zero-order valence-corrected chi connectivity index (χ0v) is 14.0. The summed E-state index contributed by atoms with van der Waals surface area (Å²) < 4.78 is 43.5. The van der Waals surface area contributed by atoms with Crippen LogP contribution in [0, 0.1) is 5.82 Å². The maximum absolute atomic E-state index is 14.3. The standard InChI is InChI=1S/C16H15FN4O3S/c1-24-14-7-6-12-13(8-9-19-16(12)15(14)17)20-10-2-4-11(5-3-10)21-25(18,22)23/h2-9,21H,1H3,(H,19,20)(H2,18,22,23). The van der Waals surface area contributed by atoms with Gasteiger partial charge in [-0.2, -0.15) is 8.42 Å². The molecule has 1 heterocycles. The Morgan fingerprint density at radius 2 is 1.76 bits per heavy atom. The van der Waals surface area contributed by atoms with E-state index in [-0.39, 0.29) is 11.3 Å². The molecule has 0 aliphatic heterocycles. The van der Waals surface area contributed by atoms with Gasteiger partial charge in [0.05, 0.1) is 7.11 Å². The van der Waals surface area contributed by atoms with E-state index in [9.17, 15) is 12.8 Å². The Hall–Kier alpha value is -2.91. The van der Waals surface area contributed by atoms with E-state index in [2.05, 4.69) is 15.0 Å². The summed E-state index contributed by atoms with van der Waals surface area (Å²) in [6.07, 6.45) is 1.49. The van der Waals surface area contributed by atoms with Crippen molar-refractivity contribution in [2.45, 2.75) is 0 Å². The molecule has 25 heavy (non-hydrogen) atoms. The lowest BCUT2D eigenvalue weighted by atomic mass is 10.1. The number of hydrogen-bond donors (Lipinski definition) is 3. The molecule has 0 atom stereocenters. The third-order valence-electron chi connectivity index (χ3n) is 3.46. The van der Waals surface area contributed by atoms with E-state index in [1.165, 1.54) is 19.4 Å². The van der Waals surface area contributed by atoms with Crippen LogP contribution in [-0.2, 0) is 10.2 Å². The number of ether oxygens (including phenoxy) is 1.